The molecule has 1 atom stereocenters. The van der Waals surface area contributed by atoms with Crippen molar-refractivity contribution in [2.24, 2.45) is 0 Å². The summed E-state index contributed by atoms with van der Waals surface area (Å²) in [6.45, 7) is 1.88. The molecule has 1 aromatic carbocycles. The van der Waals surface area contributed by atoms with Gasteiger partial charge in [0, 0.05) is 32.2 Å². The quantitative estimate of drug-likeness (QED) is 0.838. The summed E-state index contributed by atoms with van der Waals surface area (Å²) in [6.07, 6.45) is 2.63. The van der Waals surface area contributed by atoms with E-state index < -0.39 is 5.82 Å². The van der Waals surface area contributed by atoms with Crippen molar-refractivity contribution in [1.82, 2.24) is 4.90 Å². The molecular weight excluding hydrogens is 309 g/mol. The number of nitrogens with zero attached hydrogens (tertiary/aromatic N) is 1. The monoisotopic (exact) mass is 327 g/mol. The minimum atomic E-state index is -0.513. The van der Waals surface area contributed by atoms with Gasteiger partial charge in [0.15, 0.2) is 0 Å². The molecule has 0 N–H and O–H groups in total. The summed E-state index contributed by atoms with van der Waals surface area (Å²) in [5.74, 6) is -0.626. The Morgan fingerprint density at radius 2 is 2.18 bits per heavy atom. The average Bonchev–Trinajstić information content (AvgIpc) is 2.93. The van der Waals surface area contributed by atoms with Gasteiger partial charge in [0.05, 0.1) is 23.3 Å². The van der Waals surface area contributed by atoms with E-state index in [0.29, 0.717) is 25.3 Å². The van der Waals surface area contributed by atoms with Crippen LogP contribution in [0.1, 0.15) is 29.6 Å². The van der Waals surface area contributed by atoms with Crippen LogP contribution in [0.2, 0.25) is 5.02 Å². The van der Waals surface area contributed by atoms with Crippen LogP contribution in [0.3, 0.4) is 0 Å². The summed E-state index contributed by atoms with van der Waals surface area (Å²) < 4.78 is 24.5. The van der Waals surface area contributed by atoms with Crippen LogP contribution in [0.25, 0.3) is 0 Å². The molecule has 2 aliphatic heterocycles. The zero-order valence-electron chi connectivity index (χ0n) is 12.5. The molecule has 2 saturated heterocycles. The number of carbonyl (C=O) groups excluding carboxylic acids is 1. The SMILES string of the molecule is CO[C@@H]1COC2(CCN(C(=O)c3ccc(F)c(Cl)c3)CC2)C1. The molecule has 1 spiro atoms. The normalized spacial score (nSPS) is 24.0. The first kappa shape index (κ1) is 15.7. The standard InChI is InChI=1S/C16H19ClFNO3/c1-21-12-9-16(22-10-12)4-6-19(7-5-16)15(20)11-2-3-14(18)13(17)8-11/h2-3,8,12H,4-7,9-10H2,1H3/t12-/m0/s1. The van der Waals surface area contributed by atoms with Gasteiger partial charge in [0.2, 0.25) is 0 Å². The Morgan fingerprint density at radius 1 is 1.45 bits per heavy atom. The lowest BCUT2D eigenvalue weighted by Crippen LogP contribution is -2.46. The number of carbonyl (C=O) groups is 1. The highest BCUT2D eigenvalue weighted by Gasteiger charge is 2.43. The molecule has 3 rings (SSSR count). The number of ether oxygens (including phenoxy) is 2. The van der Waals surface area contributed by atoms with Gasteiger partial charge in [0.1, 0.15) is 5.82 Å². The van der Waals surface area contributed by atoms with Crippen molar-refractivity contribution in [2.75, 3.05) is 26.8 Å². The molecular formula is C16H19ClFNO3. The van der Waals surface area contributed by atoms with Crippen LogP contribution in [-0.2, 0) is 9.47 Å². The van der Waals surface area contributed by atoms with Crippen molar-refractivity contribution < 1.29 is 18.7 Å². The summed E-state index contributed by atoms with van der Waals surface area (Å²) in [7, 11) is 1.70. The fraction of sp³-hybridized carbons (Fsp3) is 0.562. The van der Waals surface area contributed by atoms with Gasteiger partial charge < -0.3 is 14.4 Å². The number of methoxy groups -OCH3 is 1. The van der Waals surface area contributed by atoms with Crippen LogP contribution in [0.15, 0.2) is 18.2 Å². The molecule has 0 saturated carbocycles. The number of halogens is 2. The Bertz CT molecular complexity index is 573. The fourth-order valence-corrected chi connectivity index (χ4v) is 3.41. The van der Waals surface area contributed by atoms with E-state index in [1.54, 1.807) is 12.0 Å². The van der Waals surface area contributed by atoms with Gasteiger partial charge in [-0.15, -0.1) is 0 Å². The average molecular weight is 328 g/mol. The third-order valence-electron chi connectivity index (χ3n) is 4.64. The van der Waals surface area contributed by atoms with E-state index in [-0.39, 0.29) is 22.6 Å². The van der Waals surface area contributed by atoms with Gasteiger partial charge in [-0.3, -0.25) is 4.79 Å². The van der Waals surface area contributed by atoms with Gasteiger partial charge >= 0.3 is 0 Å². The fourth-order valence-electron chi connectivity index (χ4n) is 3.23. The molecule has 2 fully saturated rings. The van der Waals surface area contributed by atoms with Gasteiger partial charge in [-0.05, 0) is 31.0 Å². The Labute approximate surface area is 134 Å². The Kier molecular flexibility index (Phi) is 4.39. The van der Waals surface area contributed by atoms with Crippen LogP contribution in [0, 0.1) is 5.82 Å². The summed E-state index contributed by atoms with van der Waals surface area (Å²) >= 11 is 5.75. The molecule has 0 aromatic heterocycles. The van der Waals surface area contributed by atoms with Crippen molar-refractivity contribution in [3.05, 3.63) is 34.6 Å². The summed E-state index contributed by atoms with van der Waals surface area (Å²) in [5, 5.41) is -0.0265. The van der Waals surface area contributed by atoms with Crippen LogP contribution >= 0.6 is 11.6 Å². The molecule has 1 aromatic rings. The van der Waals surface area contributed by atoms with E-state index in [0.717, 1.165) is 19.3 Å². The Hall–Kier alpha value is -1.17. The molecule has 6 heteroatoms. The van der Waals surface area contributed by atoms with Crippen LogP contribution in [-0.4, -0.2) is 49.3 Å². The first-order valence-corrected chi connectivity index (χ1v) is 7.82. The van der Waals surface area contributed by atoms with Crippen molar-refractivity contribution >= 4 is 17.5 Å². The lowest BCUT2D eigenvalue weighted by atomic mass is 9.87. The van der Waals surface area contributed by atoms with Gasteiger partial charge in [-0.2, -0.15) is 0 Å². The third kappa shape index (κ3) is 2.98. The minimum absolute atomic E-state index is 0.0265. The lowest BCUT2D eigenvalue weighted by molar-refractivity contribution is -0.0402. The molecule has 120 valence electrons. The zero-order valence-corrected chi connectivity index (χ0v) is 13.2. The highest BCUT2D eigenvalue weighted by molar-refractivity contribution is 6.31. The first-order valence-electron chi connectivity index (χ1n) is 7.44. The van der Waals surface area contributed by atoms with E-state index in [9.17, 15) is 9.18 Å². The number of rotatable bonds is 2. The molecule has 22 heavy (non-hydrogen) atoms. The van der Waals surface area contributed by atoms with Gasteiger partial charge in [-0.25, -0.2) is 4.39 Å². The van der Waals surface area contributed by atoms with Crippen LogP contribution < -0.4 is 0 Å². The summed E-state index contributed by atoms with van der Waals surface area (Å²) in [5.41, 5.74) is 0.266. The molecule has 4 nitrogen and oxygen atoms in total. The molecule has 1 amide bonds. The second kappa shape index (κ2) is 6.14. The maximum atomic E-state index is 13.2. The molecule has 2 heterocycles. The highest BCUT2D eigenvalue weighted by atomic mass is 35.5. The smallest absolute Gasteiger partial charge is 0.253 e. The minimum Gasteiger partial charge on any atom is -0.379 e. The predicted octanol–water partition coefficient (Wildman–Crippen LogP) is 2.89. The van der Waals surface area contributed by atoms with E-state index in [1.807, 2.05) is 0 Å². The van der Waals surface area contributed by atoms with E-state index in [2.05, 4.69) is 0 Å². The second-order valence-electron chi connectivity index (χ2n) is 5.98. The molecule has 0 radical (unpaired) electrons. The maximum Gasteiger partial charge on any atom is 0.253 e. The Morgan fingerprint density at radius 3 is 2.77 bits per heavy atom. The molecule has 2 aliphatic rings. The molecule has 0 bridgehead atoms. The number of hydrogen-bond acceptors (Lipinski definition) is 3. The lowest BCUT2D eigenvalue weighted by Gasteiger charge is -2.38. The number of hydrogen-bond donors (Lipinski definition) is 0. The number of piperidine rings is 1. The van der Waals surface area contributed by atoms with Crippen molar-refractivity contribution in [2.45, 2.75) is 31.0 Å². The summed E-state index contributed by atoms with van der Waals surface area (Å²) in [4.78, 5) is 14.2. The molecule has 0 unspecified atom stereocenters. The highest BCUT2D eigenvalue weighted by Crippen LogP contribution is 2.37. The third-order valence-corrected chi connectivity index (χ3v) is 4.93. The Balaban J connectivity index is 1.63. The largest absolute Gasteiger partial charge is 0.379 e. The first-order chi connectivity index (χ1) is 10.5. The topological polar surface area (TPSA) is 38.8 Å². The van der Waals surface area contributed by atoms with Crippen molar-refractivity contribution in [1.29, 1.82) is 0 Å². The van der Waals surface area contributed by atoms with E-state index in [1.165, 1.54) is 18.2 Å². The second-order valence-corrected chi connectivity index (χ2v) is 6.38. The predicted molar refractivity (Wildman–Crippen MR) is 80.6 cm³/mol. The maximum absolute atomic E-state index is 13.2. The number of benzene rings is 1. The zero-order chi connectivity index (χ0) is 15.7. The summed E-state index contributed by atoms with van der Waals surface area (Å²) in [6, 6.07) is 4.09. The van der Waals surface area contributed by atoms with Crippen molar-refractivity contribution in [3.8, 4) is 0 Å². The number of amides is 1. The van der Waals surface area contributed by atoms with Crippen molar-refractivity contribution in [3.63, 3.8) is 0 Å². The number of likely N-dealkylation sites (tertiary alicyclic amines) is 1. The molecule has 0 aliphatic carbocycles. The van der Waals surface area contributed by atoms with E-state index in [4.69, 9.17) is 21.1 Å². The van der Waals surface area contributed by atoms with Gasteiger partial charge in [0.25, 0.3) is 5.91 Å². The van der Waals surface area contributed by atoms with E-state index >= 15 is 0 Å². The van der Waals surface area contributed by atoms with Crippen LogP contribution in [0.5, 0.6) is 0 Å². The van der Waals surface area contributed by atoms with Gasteiger partial charge in [-0.1, -0.05) is 11.6 Å². The van der Waals surface area contributed by atoms with Crippen LogP contribution in [0.4, 0.5) is 4.39 Å².